The minimum absolute atomic E-state index is 0.281. The second-order valence-corrected chi connectivity index (χ2v) is 7.90. The minimum atomic E-state index is -0.281. The van der Waals surface area contributed by atoms with Gasteiger partial charge in [0.1, 0.15) is 29.6 Å². The van der Waals surface area contributed by atoms with Gasteiger partial charge >= 0.3 is 0 Å². The van der Waals surface area contributed by atoms with E-state index in [4.69, 9.17) is 4.74 Å². The number of halogens is 1. The van der Waals surface area contributed by atoms with E-state index in [1.54, 1.807) is 18.3 Å². The van der Waals surface area contributed by atoms with Gasteiger partial charge in [0.05, 0.1) is 17.4 Å². The van der Waals surface area contributed by atoms with E-state index in [1.807, 2.05) is 32.0 Å². The third kappa shape index (κ3) is 2.83. The lowest BCUT2D eigenvalue weighted by atomic mass is 9.92. The fourth-order valence-corrected chi connectivity index (χ4v) is 4.31. The molecule has 152 valence electrons. The Labute approximate surface area is 178 Å². The van der Waals surface area contributed by atoms with Gasteiger partial charge in [0.2, 0.25) is 0 Å². The molecule has 0 atom stereocenters. The molecule has 0 radical (unpaired) electrons. The maximum absolute atomic E-state index is 14.8. The normalized spacial score (nSPS) is 12.5. The molecule has 6 heteroatoms. The van der Waals surface area contributed by atoms with E-state index >= 15 is 0 Å². The maximum Gasteiger partial charge on any atom is 0.155 e. The molecular formula is C25H19FN4O. The van der Waals surface area contributed by atoms with Crippen LogP contribution in [0.2, 0.25) is 0 Å². The largest absolute Gasteiger partial charge is 0.486 e. The lowest BCUT2D eigenvalue weighted by Gasteiger charge is -2.22. The second-order valence-electron chi connectivity index (χ2n) is 7.90. The van der Waals surface area contributed by atoms with E-state index in [1.165, 1.54) is 0 Å². The highest BCUT2D eigenvalue weighted by Gasteiger charge is 2.22. The molecule has 5 nitrogen and oxygen atoms in total. The van der Waals surface area contributed by atoms with Crippen LogP contribution in [0.5, 0.6) is 5.75 Å². The molecular weight excluding hydrogens is 391 g/mol. The molecule has 0 aliphatic carbocycles. The summed E-state index contributed by atoms with van der Waals surface area (Å²) in [5.74, 6) is 2.16. The molecule has 2 N–H and O–H groups in total. The summed E-state index contributed by atoms with van der Waals surface area (Å²) in [5, 5.41) is 0. The Bertz CT molecular complexity index is 1480. The van der Waals surface area contributed by atoms with Gasteiger partial charge in [-0.2, -0.15) is 0 Å². The number of aromatic nitrogens is 4. The lowest BCUT2D eigenvalue weighted by molar-refractivity contribution is 0.305. The molecule has 0 saturated carbocycles. The van der Waals surface area contributed by atoms with Crippen molar-refractivity contribution in [3.8, 4) is 39.3 Å². The summed E-state index contributed by atoms with van der Waals surface area (Å²) in [6, 6.07) is 15.6. The van der Waals surface area contributed by atoms with Crippen LogP contribution in [0.4, 0.5) is 4.39 Å². The Balaban J connectivity index is 1.40. The third-order valence-corrected chi connectivity index (χ3v) is 5.79. The fourth-order valence-electron chi connectivity index (χ4n) is 4.31. The number of nitrogens with one attached hydrogen (secondary N) is 2. The number of H-pyrrole nitrogens is 2. The third-order valence-electron chi connectivity index (χ3n) is 5.79. The summed E-state index contributed by atoms with van der Waals surface area (Å²) < 4.78 is 20.9. The number of imidazole rings is 2. The van der Waals surface area contributed by atoms with Gasteiger partial charge in [-0.25, -0.2) is 14.4 Å². The number of hydrogen-bond acceptors (Lipinski definition) is 3. The summed E-state index contributed by atoms with van der Waals surface area (Å²) in [6.45, 7) is 4.24. The van der Waals surface area contributed by atoms with E-state index in [-0.39, 0.29) is 5.82 Å². The second kappa shape index (κ2) is 6.54. The van der Waals surface area contributed by atoms with Crippen molar-refractivity contribution in [2.45, 2.75) is 20.5 Å². The van der Waals surface area contributed by atoms with Crippen LogP contribution in [0.3, 0.4) is 0 Å². The average Bonchev–Trinajstić information content (AvgIpc) is 3.37. The van der Waals surface area contributed by atoms with E-state index in [0.717, 1.165) is 56.2 Å². The SMILES string of the molecule is Cc1ncc(-c2ccc(-c3ccc4c(c3)COc3c-4ccc4[nH]c(C)nc34)cc2F)[nH]1. The highest BCUT2D eigenvalue weighted by Crippen LogP contribution is 2.42. The zero-order chi connectivity index (χ0) is 21.1. The van der Waals surface area contributed by atoms with Crippen LogP contribution >= 0.6 is 0 Å². The van der Waals surface area contributed by atoms with Gasteiger partial charge in [-0.15, -0.1) is 0 Å². The van der Waals surface area contributed by atoms with Crippen LogP contribution in [0.25, 0.3) is 44.5 Å². The van der Waals surface area contributed by atoms with Crippen molar-refractivity contribution in [1.82, 2.24) is 19.9 Å². The zero-order valence-corrected chi connectivity index (χ0v) is 17.1. The van der Waals surface area contributed by atoms with Gasteiger partial charge in [0, 0.05) is 11.1 Å². The molecule has 1 aliphatic heterocycles. The average molecular weight is 410 g/mol. The van der Waals surface area contributed by atoms with Crippen LogP contribution < -0.4 is 4.74 Å². The fraction of sp³-hybridized carbons (Fsp3) is 0.120. The number of hydrogen-bond donors (Lipinski definition) is 2. The predicted octanol–water partition coefficient (Wildman–Crippen LogP) is 5.94. The molecule has 1 aliphatic rings. The predicted molar refractivity (Wildman–Crippen MR) is 118 cm³/mol. The number of aromatic amines is 2. The van der Waals surface area contributed by atoms with Crippen molar-refractivity contribution >= 4 is 11.0 Å². The molecule has 0 unspecified atom stereocenters. The Morgan fingerprint density at radius 3 is 2.42 bits per heavy atom. The minimum Gasteiger partial charge on any atom is -0.486 e. The van der Waals surface area contributed by atoms with Gasteiger partial charge in [0.15, 0.2) is 5.75 Å². The standard InChI is InChI=1S/C25H19FN4O/c1-13-27-11-23(28-13)20-6-4-16(10-21(20)26)15-3-5-18-17(9-15)12-31-25-19(18)7-8-22-24(25)30-14(2)29-22/h3-11H,12H2,1-2H3,(H,27,28)(H,29,30). The first-order valence-electron chi connectivity index (χ1n) is 10.1. The number of ether oxygens (including phenoxy) is 1. The monoisotopic (exact) mass is 410 g/mol. The van der Waals surface area contributed by atoms with Crippen LogP contribution in [0, 0.1) is 19.7 Å². The van der Waals surface area contributed by atoms with E-state index in [2.05, 4.69) is 38.1 Å². The van der Waals surface area contributed by atoms with Crippen molar-refractivity contribution in [2.75, 3.05) is 0 Å². The van der Waals surface area contributed by atoms with Gasteiger partial charge in [-0.05, 0) is 66.4 Å². The molecule has 5 aromatic rings. The molecule has 0 saturated heterocycles. The smallest absolute Gasteiger partial charge is 0.155 e. The number of nitrogens with zero attached hydrogens (tertiary/aromatic N) is 2. The lowest BCUT2D eigenvalue weighted by Crippen LogP contribution is -2.06. The van der Waals surface area contributed by atoms with E-state index < -0.39 is 0 Å². The number of fused-ring (bicyclic) bond motifs is 5. The summed E-state index contributed by atoms with van der Waals surface area (Å²) in [4.78, 5) is 15.1. The topological polar surface area (TPSA) is 66.6 Å². The summed E-state index contributed by atoms with van der Waals surface area (Å²) in [5.41, 5.74) is 8.02. The molecule has 2 aromatic heterocycles. The molecule has 0 spiro atoms. The quantitative estimate of drug-likeness (QED) is 0.379. The first-order chi connectivity index (χ1) is 15.1. The first-order valence-corrected chi connectivity index (χ1v) is 10.1. The Kier molecular flexibility index (Phi) is 3.77. The van der Waals surface area contributed by atoms with Crippen molar-refractivity contribution in [3.63, 3.8) is 0 Å². The number of aryl methyl sites for hydroxylation is 2. The Hall–Kier alpha value is -3.93. The Morgan fingerprint density at radius 2 is 1.65 bits per heavy atom. The molecule has 31 heavy (non-hydrogen) atoms. The van der Waals surface area contributed by atoms with Crippen molar-refractivity contribution in [1.29, 1.82) is 0 Å². The van der Waals surface area contributed by atoms with Crippen LogP contribution in [-0.2, 0) is 6.61 Å². The number of benzene rings is 3. The molecule has 3 heterocycles. The van der Waals surface area contributed by atoms with E-state index in [0.29, 0.717) is 17.9 Å². The van der Waals surface area contributed by atoms with Gasteiger partial charge in [-0.3, -0.25) is 0 Å². The first kappa shape index (κ1) is 17.9. The van der Waals surface area contributed by atoms with Gasteiger partial charge in [0.25, 0.3) is 0 Å². The summed E-state index contributed by atoms with van der Waals surface area (Å²) in [7, 11) is 0. The van der Waals surface area contributed by atoms with Crippen LogP contribution in [0.1, 0.15) is 17.2 Å². The molecule has 0 bridgehead atoms. The summed E-state index contributed by atoms with van der Waals surface area (Å²) in [6.07, 6.45) is 1.65. The van der Waals surface area contributed by atoms with Crippen molar-refractivity contribution in [3.05, 3.63) is 77.8 Å². The molecule has 0 amide bonds. The molecule has 3 aromatic carbocycles. The van der Waals surface area contributed by atoms with Crippen molar-refractivity contribution in [2.24, 2.45) is 0 Å². The number of rotatable bonds is 2. The Morgan fingerprint density at radius 1 is 0.871 bits per heavy atom. The van der Waals surface area contributed by atoms with Gasteiger partial charge in [-0.1, -0.05) is 18.2 Å². The molecule has 0 fully saturated rings. The van der Waals surface area contributed by atoms with Crippen LogP contribution in [-0.4, -0.2) is 19.9 Å². The zero-order valence-electron chi connectivity index (χ0n) is 17.1. The maximum atomic E-state index is 14.8. The van der Waals surface area contributed by atoms with E-state index in [9.17, 15) is 4.39 Å². The van der Waals surface area contributed by atoms with Gasteiger partial charge < -0.3 is 14.7 Å². The highest BCUT2D eigenvalue weighted by molar-refractivity contribution is 5.92. The van der Waals surface area contributed by atoms with Crippen LogP contribution in [0.15, 0.2) is 54.7 Å². The van der Waals surface area contributed by atoms with Crippen molar-refractivity contribution < 1.29 is 9.13 Å². The highest BCUT2D eigenvalue weighted by atomic mass is 19.1. The molecule has 6 rings (SSSR count). The summed E-state index contributed by atoms with van der Waals surface area (Å²) >= 11 is 0.